The highest BCUT2D eigenvalue weighted by Crippen LogP contribution is 2.14. The number of ketones is 1. The largest absolute Gasteiger partial charge is 0.289 e. The molecular weight excluding hydrogens is 241 g/mol. The van der Waals surface area contributed by atoms with Gasteiger partial charge in [0, 0.05) is 17.3 Å². The van der Waals surface area contributed by atoms with Crippen molar-refractivity contribution in [1.29, 1.82) is 0 Å². The molecule has 0 aliphatic carbocycles. The summed E-state index contributed by atoms with van der Waals surface area (Å²) in [7, 11) is 0. The monoisotopic (exact) mass is 249 g/mol. The lowest BCUT2D eigenvalue weighted by Crippen LogP contribution is -2.02. The van der Waals surface area contributed by atoms with Crippen molar-refractivity contribution >= 4 is 17.4 Å². The smallest absolute Gasteiger partial charge is 0.194 e. The highest BCUT2D eigenvalue weighted by atomic mass is 35.5. The van der Waals surface area contributed by atoms with Crippen LogP contribution in [0.5, 0.6) is 0 Å². The fourth-order valence-electron chi connectivity index (χ4n) is 1.46. The van der Waals surface area contributed by atoms with Crippen molar-refractivity contribution in [3.05, 3.63) is 64.2 Å². The van der Waals surface area contributed by atoms with E-state index in [1.165, 1.54) is 24.4 Å². The Balaban J connectivity index is 2.37. The van der Waals surface area contributed by atoms with Crippen molar-refractivity contribution < 1.29 is 9.18 Å². The van der Waals surface area contributed by atoms with Crippen LogP contribution in [-0.4, -0.2) is 10.8 Å². The van der Waals surface area contributed by atoms with Crippen LogP contribution >= 0.6 is 11.6 Å². The van der Waals surface area contributed by atoms with E-state index in [2.05, 4.69) is 4.98 Å². The maximum atomic E-state index is 13.1. The Bertz CT molecular complexity index is 566. The molecule has 0 saturated heterocycles. The van der Waals surface area contributed by atoms with Gasteiger partial charge in [0.15, 0.2) is 5.78 Å². The fourth-order valence-corrected chi connectivity index (χ4v) is 1.57. The third-order valence-corrected chi connectivity index (χ3v) is 2.63. The molecule has 1 aromatic heterocycles. The predicted molar refractivity (Wildman–Crippen MR) is 63.8 cm³/mol. The minimum absolute atomic E-state index is 0.197. The number of aryl methyl sites for hydroxylation is 1. The molecule has 0 atom stereocenters. The average Bonchev–Trinajstić information content (AvgIpc) is 2.33. The molecule has 0 spiro atoms. The van der Waals surface area contributed by atoms with Gasteiger partial charge < -0.3 is 0 Å². The first-order valence-corrected chi connectivity index (χ1v) is 5.38. The van der Waals surface area contributed by atoms with Crippen LogP contribution in [0.4, 0.5) is 4.39 Å². The number of rotatable bonds is 2. The minimum atomic E-state index is -0.323. The molecule has 2 nitrogen and oxygen atoms in total. The van der Waals surface area contributed by atoms with Crippen LogP contribution in [0.25, 0.3) is 0 Å². The zero-order valence-corrected chi connectivity index (χ0v) is 9.83. The Morgan fingerprint density at radius 3 is 2.53 bits per heavy atom. The van der Waals surface area contributed by atoms with Crippen LogP contribution in [-0.2, 0) is 0 Å². The second-order valence-corrected chi connectivity index (χ2v) is 4.05. The number of hydrogen-bond donors (Lipinski definition) is 0. The summed E-state index contributed by atoms with van der Waals surface area (Å²) in [5, 5.41) is 0.330. The van der Waals surface area contributed by atoms with Crippen LogP contribution in [0.1, 0.15) is 21.5 Å². The predicted octanol–water partition coefficient (Wildman–Crippen LogP) is 3.41. The van der Waals surface area contributed by atoms with Gasteiger partial charge in [-0.3, -0.25) is 4.79 Å². The molecule has 17 heavy (non-hydrogen) atoms. The maximum Gasteiger partial charge on any atom is 0.194 e. The Morgan fingerprint density at radius 1 is 1.24 bits per heavy atom. The Labute approximate surface area is 103 Å². The normalized spacial score (nSPS) is 10.3. The van der Waals surface area contributed by atoms with Gasteiger partial charge in [0.25, 0.3) is 0 Å². The zero-order chi connectivity index (χ0) is 12.4. The third kappa shape index (κ3) is 2.50. The highest BCUT2D eigenvalue weighted by molar-refractivity contribution is 6.29. The zero-order valence-electron chi connectivity index (χ0n) is 9.08. The van der Waals surface area contributed by atoms with Crippen LogP contribution < -0.4 is 0 Å². The Morgan fingerprint density at radius 2 is 1.94 bits per heavy atom. The molecule has 0 saturated carbocycles. The number of carbonyl (C=O) groups excluding carboxylic acids is 1. The van der Waals surface area contributed by atoms with Crippen LogP contribution in [0.2, 0.25) is 5.15 Å². The van der Waals surface area contributed by atoms with Gasteiger partial charge in [-0.05, 0) is 42.8 Å². The first-order valence-electron chi connectivity index (χ1n) is 5.00. The van der Waals surface area contributed by atoms with Gasteiger partial charge in [-0.15, -0.1) is 0 Å². The molecule has 1 aromatic carbocycles. The standard InChI is InChI=1S/C13H9ClFNO/c1-8-6-9(2-4-11(8)15)13(17)10-3-5-12(14)16-7-10/h2-7H,1H3. The number of hydrogen-bond acceptors (Lipinski definition) is 2. The topological polar surface area (TPSA) is 30.0 Å². The summed E-state index contributed by atoms with van der Waals surface area (Å²) in [6.07, 6.45) is 1.41. The quantitative estimate of drug-likeness (QED) is 0.603. The summed E-state index contributed by atoms with van der Waals surface area (Å²) < 4.78 is 13.1. The van der Waals surface area contributed by atoms with E-state index in [9.17, 15) is 9.18 Å². The lowest BCUT2D eigenvalue weighted by Gasteiger charge is -2.03. The van der Waals surface area contributed by atoms with E-state index in [-0.39, 0.29) is 11.6 Å². The second kappa shape index (κ2) is 4.63. The minimum Gasteiger partial charge on any atom is -0.289 e. The summed E-state index contributed by atoms with van der Waals surface area (Å²) in [4.78, 5) is 15.9. The van der Waals surface area contributed by atoms with Crippen molar-refractivity contribution in [3.63, 3.8) is 0 Å². The van der Waals surface area contributed by atoms with E-state index in [0.717, 1.165) is 0 Å². The molecule has 0 fully saturated rings. The molecule has 2 aromatic rings. The average molecular weight is 250 g/mol. The van der Waals surface area contributed by atoms with Gasteiger partial charge in [0.2, 0.25) is 0 Å². The first kappa shape index (κ1) is 11.7. The van der Waals surface area contributed by atoms with Crippen LogP contribution in [0.3, 0.4) is 0 Å². The summed E-state index contributed by atoms with van der Waals surface area (Å²) in [6, 6.07) is 7.40. The Hall–Kier alpha value is -1.74. The summed E-state index contributed by atoms with van der Waals surface area (Å²) >= 11 is 5.64. The van der Waals surface area contributed by atoms with E-state index in [4.69, 9.17) is 11.6 Å². The fraction of sp³-hybridized carbons (Fsp3) is 0.0769. The number of pyridine rings is 1. The number of halogens is 2. The van der Waals surface area contributed by atoms with Gasteiger partial charge in [-0.1, -0.05) is 11.6 Å². The molecule has 2 rings (SSSR count). The molecular formula is C13H9ClFNO. The molecule has 1 heterocycles. The summed E-state index contributed by atoms with van der Waals surface area (Å²) in [6.45, 7) is 1.62. The lowest BCUT2D eigenvalue weighted by atomic mass is 10.0. The molecule has 0 radical (unpaired) electrons. The lowest BCUT2D eigenvalue weighted by molar-refractivity contribution is 0.103. The molecule has 0 aliphatic heterocycles. The van der Waals surface area contributed by atoms with E-state index >= 15 is 0 Å². The van der Waals surface area contributed by atoms with E-state index < -0.39 is 0 Å². The molecule has 0 bridgehead atoms. The van der Waals surface area contributed by atoms with E-state index in [1.54, 1.807) is 19.1 Å². The number of carbonyl (C=O) groups is 1. The number of nitrogens with zero attached hydrogens (tertiary/aromatic N) is 1. The van der Waals surface area contributed by atoms with Crippen LogP contribution in [0.15, 0.2) is 36.5 Å². The van der Waals surface area contributed by atoms with Gasteiger partial charge in [0.05, 0.1) is 0 Å². The van der Waals surface area contributed by atoms with E-state index in [1.807, 2.05) is 0 Å². The van der Waals surface area contributed by atoms with Crippen molar-refractivity contribution in [2.75, 3.05) is 0 Å². The van der Waals surface area contributed by atoms with E-state index in [0.29, 0.717) is 21.8 Å². The van der Waals surface area contributed by atoms with Crippen molar-refractivity contribution in [1.82, 2.24) is 4.98 Å². The van der Waals surface area contributed by atoms with Gasteiger partial charge in [0.1, 0.15) is 11.0 Å². The van der Waals surface area contributed by atoms with Gasteiger partial charge >= 0.3 is 0 Å². The molecule has 0 unspecified atom stereocenters. The highest BCUT2D eigenvalue weighted by Gasteiger charge is 2.10. The SMILES string of the molecule is Cc1cc(C(=O)c2ccc(Cl)nc2)ccc1F. The maximum absolute atomic E-state index is 13.1. The first-order chi connectivity index (χ1) is 8.08. The summed E-state index contributed by atoms with van der Waals surface area (Å²) in [5.41, 5.74) is 1.31. The number of benzene rings is 1. The van der Waals surface area contributed by atoms with Gasteiger partial charge in [-0.2, -0.15) is 0 Å². The molecule has 0 aliphatic rings. The van der Waals surface area contributed by atoms with Crippen molar-refractivity contribution in [2.24, 2.45) is 0 Å². The van der Waals surface area contributed by atoms with Crippen molar-refractivity contribution in [2.45, 2.75) is 6.92 Å². The molecule has 0 amide bonds. The number of aromatic nitrogens is 1. The van der Waals surface area contributed by atoms with Crippen molar-refractivity contribution in [3.8, 4) is 0 Å². The second-order valence-electron chi connectivity index (χ2n) is 3.66. The molecule has 86 valence electrons. The summed E-state index contributed by atoms with van der Waals surface area (Å²) in [5.74, 6) is -0.520. The van der Waals surface area contributed by atoms with Crippen LogP contribution in [0, 0.1) is 12.7 Å². The third-order valence-electron chi connectivity index (χ3n) is 2.41. The Kier molecular flexibility index (Phi) is 3.20. The molecule has 0 N–H and O–H groups in total. The van der Waals surface area contributed by atoms with Gasteiger partial charge in [-0.25, -0.2) is 9.37 Å². The molecule has 4 heteroatoms.